The Morgan fingerprint density at radius 3 is 2.28 bits per heavy atom. The van der Waals surface area contributed by atoms with Crippen molar-refractivity contribution in [2.24, 2.45) is 0 Å². The van der Waals surface area contributed by atoms with Crippen molar-refractivity contribution in [1.29, 1.82) is 0 Å². The molecule has 29 heavy (non-hydrogen) atoms. The summed E-state index contributed by atoms with van der Waals surface area (Å²) in [6.45, 7) is 2.49. The highest BCUT2D eigenvalue weighted by Crippen LogP contribution is 2.19. The van der Waals surface area contributed by atoms with Gasteiger partial charge >= 0.3 is 0 Å². The van der Waals surface area contributed by atoms with E-state index >= 15 is 0 Å². The molecular formula is C22H21FN4O2. The highest BCUT2D eigenvalue weighted by Gasteiger charge is 2.22. The number of nitrogens with zero attached hydrogens (tertiary/aromatic N) is 4. The van der Waals surface area contributed by atoms with Crippen LogP contribution in [0, 0.1) is 5.82 Å². The highest BCUT2D eigenvalue weighted by atomic mass is 19.1. The van der Waals surface area contributed by atoms with E-state index in [2.05, 4.69) is 15.1 Å². The number of benzene rings is 2. The maximum Gasteiger partial charge on any atom is 0.260 e. The molecular weight excluding hydrogens is 371 g/mol. The van der Waals surface area contributed by atoms with E-state index in [1.165, 1.54) is 24.3 Å². The lowest BCUT2D eigenvalue weighted by Crippen LogP contribution is -2.50. The molecule has 1 aliphatic rings. The average molecular weight is 392 g/mol. The topological polar surface area (TPSA) is 58.6 Å². The van der Waals surface area contributed by atoms with Crippen LogP contribution in [-0.2, 0) is 4.79 Å². The molecule has 2 heterocycles. The molecule has 3 aromatic rings. The van der Waals surface area contributed by atoms with E-state index in [0.717, 1.165) is 17.1 Å². The van der Waals surface area contributed by atoms with Crippen molar-refractivity contribution in [2.75, 3.05) is 37.7 Å². The second-order valence-corrected chi connectivity index (χ2v) is 6.75. The van der Waals surface area contributed by atoms with Crippen LogP contribution in [0.3, 0.4) is 0 Å². The maximum absolute atomic E-state index is 12.9. The molecule has 0 unspecified atom stereocenters. The Bertz CT molecular complexity index is 941. The molecule has 0 atom stereocenters. The van der Waals surface area contributed by atoms with E-state index in [1.54, 1.807) is 4.90 Å². The fourth-order valence-electron chi connectivity index (χ4n) is 3.21. The Hall–Kier alpha value is -3.48. The van der Waals surface area contributed by atoms with Crippen LogP contribution in [0.25, 0.3) is 11.3 Å². The normalized spacial score (nSPS) is 14.0. The number of aromatic nitrogens is 2. The number of amides is 1. The van der Waals surface area contributed by atoms with Crippen molar-refractivity contribution in [2.45, 2.75) is 0 Å². The Morgan fingerprint density at radius 1 is 0.897 bits per heavy atom. The summed E-state index contributed by atoms with van der Waals surface area (Å²) in [5.74, 6) is 0.866. The van der Waals surface area contributed by atoms with Gasteiger partial charge in [0.05, 0.1) is 5.69 Å². The third kappa shape index (κ3) is 4.68. The van der Waals surface area contributed by atoms with Crippen molar-refractivity contribution in [3.05, 3.63) is 72.5 Å². The van der Waals surface area contributed by atoms with Gasteiger partial charge in [-0.3, -0.25) is 4.79 Å². The van der Waals surface area contributed by atoms with Crippen molar-refractivity contribution in [3.8, 4) is 17.0 Å². The van der Waals surface area contributed by atoms with Crippen molar-refractivity contribution in [3.63, 3.8) is 0 Å². The lowest BCUT2D eigenvalue weighted by Gasteiger charge is -2.35. The Morgan fingerprint density at radius 2 is 1.62 bits per heavy atom. The van der Waals surface area contributed by atoms with Gasteiger partial charge in [0.25, 0.3) is 5.91 Å². The van der Waals surface area contributed by atoms with Gasteiger partial charge in [-0.1, -0.05) is 30.3 Å². The van der Waals surface area contributed by atoms with Gasteiger partial charge in [-0.05, 0) is 36.4 Å². The van der Waals surface area contributed by atoms with Crippen LogP contribution in [-0.4, -0.2) is 53.8 Å². The summed E-state index contributed by atoms with van der Waals surface area (Å²) in [6, 6.07) is 19.5. The number of anilines is 1. The minimum absolute atomic E-state index is 0.0583. The third-order valence-corrected chi connectivity index (χ3v) is 4.85. The van der Waals surface area contributed by atoms with Gasteiger partial charge in [-0.25, -0.2) is 4.39 Å². The summed E-state index contributed by atoms with van der Waals surface area (Å²) >= 11 is 0. The van der Waals surface area contributed by atoms with Gasteiger partial charge in [-0.15, -0.1) is 10.2 Å². The lowest BCUT2D eigenvalue weighted by molar-refractivity contribution is -0.133. The molecule has 1 aromatic heterocycles. The molecule has 6 nitrogen and oxygen atoms in total. The molecule has 148 valence electrons. The molecule has 1 amide bonds. The zero-order valence-electron chi connectivity index (χ0n) is 15.9. The molecule has 0 bridgehead atoms. The number of hydrogen-bond acceptors (Lipinski definition) is 5. The predicted molar refractivity (Wildman–Crippen MR) is 108 cm³/mol. The molecule has 2 aromatic carbocycles. The second kappa shape index (κ2) is 8.68. The summed E-state index contributed by atoms with van der Waals surface area (Å²) < 4.78 is 18.4. The molecule has 7 heteroatoms. The van der Waals surface area contributed by atoms with Crippen LogP contribution in [0.5, 0.6) is 5.75 Å². The van der Waals surface area contributed by atoms with Crippen molar-refractivity contribution in [1.82, 2.24) is 15.1 Å². The van der Waals surface area contributed by atoms with E-state index in [0.29, 0.717) is 31.9 Å². The zero-order chi connectivity index (χ0) is 20.1. The smallest absolute Gasteiger partial charge is 0.260 e. The van der Waals surface area contributed by atoms with Gasteiger partial charge in [0.2, 0.25) is 0 Å². The molecule has 1 saturated heterocycles. The van der Waals surface area contributed by atoms with Gasteiger partial charge in [0.1, 0.15) is 11.6 Å². The van der Waals surface area contributed by atoms with E-state index in [4.69, 9.17) is 4.74 Å². The van der Waals surface area contributed by atoms with Gasteiger partial charge in [0, 0.05) is 31.7 Å². The molecule has 0 N–H and O–H groups in total. The Kier molecular flexibility index (Phi) is 5.65. The van der Waals surface area contributed by atoms with Gasteiger partial charge < -0.3 is 14.5 Å². The maximum atomic E-state index is 12.9. The second-order valence-electron chi connectivity index (χ2n) is 6.75. The highest BCUT2D eigenvalue weighted by molar-refractivity contribution is 5.78. The van der Waals surface area contributed by atoms with Gasteiger partial charge in [-0.2, -0.15) is 0 Å². The van der Waals surface area contributed by atoms with E-state index < -0.39 is 0 Å². The van der Waals surface area contributed by atoms with Crippen LogP contribution < -0.4 is 9.64 Å². The minimum atomic E-state index is -0.334. The first-order valence-electron chi connectivity index (χ1n) is 9.49. The largest absolute Gasteiger partial charge is 0.484 e. The first-order valence-corrected chi connectivity index (χ1v) is 9.49. The zero-order valence-corrected chi connectivity index (χ0v) is 15.9. The molecule has 0 aliphatic carbocycles. The average Bonchev–Trinajstić information content (AvgIpc) is 2.79. The number of piperazine rings is 1. The summed E-state index contributed by atoms with van der Waals surface area (Å²) in [5, 5.41) is 8.68. The summed E-state index contributed by atoms with van der Waals surface area (Å²) in [7, 11) is 0. The molecule has 1 fully saturated rings. The Balaban J connectivity index is 1.28. The van der Waals surface area contributed by atoms with Crippen LogP contribution in [0.4, 0.5) is 10.2 Å². The number of carbonyl (C=O) groups is 1. The van der Waals surface area contributed by atoms with Crippen LogP contribution in [0.15, 0.2) is 66.7 Å². The third-order valence-electron chi connectivity index (χ3n) is 4.85. The first-order chi connectivity index (χ1) is 14.2. The Labute approximate surface area is 168 Å². The SMILES string of the molecule is O=C(COc1ccc(F)cc1)N1CCN(c2ccc(-c3ccccc3)nn2)CC1. The monoisotopic (exact) mass is 392 g/mol. The standard InChI is InChI=1S/C22H21FN4O2/c23-18-6-8-19(9-7-18)29-16-22(28)27-14-12-26(13-15-27)21-11-10-20(24-25-21)17-4-2-1-3-5-17/h1-11H,12-16H2. The summed E-state index contributed by atoms with van der Waals surface area (Å²) in [6.07, 6.45) is 0. The summed E-state index contributed by atoms with van der Waals surface area (Å²) in [4.78, 5) is 16.3. The van der Waals surface area contributed by atoms with Crippen LogP contribution >= 0.6 is 0 Å². The molecule has 0 radical (unpaired) electrons. The molecule has 0 saturated carbocycles. The molecule has 0 spiro atoms. The van der Waals surface area contributed by atoms with E-state index in [-0.39, 0.29) is 18.3 Å². The summed E-state index contributed by atoms with van der Waals surface area (Å²) in [5.41, 5.74) is 1.87. The number of rotatable bonds is 5. The molecule has 1 aliphatic heterocycles. The van der Waals surface area contributed by atoms with E-state index in [1.807, 2.05) is 42.5 Å². The van der Waals surface area contributed by atoms with Crippen molar-refractivity contribution >= 4 is 11.7 Å². The van der Waals surface area contributed by atoms with Crippen LogP contribution in [0.1, 0.15) is 0 Å². The fraction of sp³-hybridized carbons (Fsp3) is 0.227. The fourth-order valence-corrected chi connectivity index (χ4v) is 3.21. The lowest BCUT2D eigenvalue weighted by atomic mass is 10.1. The predicted octanol–water partition coefficient (Wildman–Crippen LogP) is 3.01. The van der Waals surface area contributed by atoms with E-state index in [9.17, 15) is 9.18 Å². The quantitative estimate of drug-likeness (QED) is 0.668. The number of halogens is 1. The number of carbonyl (C=O) groups excluding carboxylic acids is 1. The van der Waals surface area contributed by atoms with Crippen LogP contribution in [0.2, 0.25) is 0 Å². The number of hydrogen-bond donors (Lipinski definition) is 0. The first kappa shape index (κ1) is 18.9. The van der Waals surface area contributed by atoms with Gasteiger partial charge in [0.15, 0.2) is 12.4 Å². The molecule has 4 rings (SSSR count). The number of ether oxygens (including phenoxy) is 1. The van der Waals surface area contributed by atoms with Crippen molar-refractivity contribution < 1.29 is 13.9 Å². The minimum Gasteiger partial charge on any atom is -0.484 e.